The van der Waals surface area contributed by atoms with Crippen molar-refractivity contribution >= 4 is 21.9 Å². The van der Waals surface area contributed by atoms with Gasteiger partial charge in [-0.1, -0.05) is 15.9 Å². The molecule has 0 unspecified atom stereocenters. The lowest BCUT2D eigenvalue weighted by molar-refractivity contribution is -0.178. The lowest BCUT2D eigenvalue weighted by Gasteiger charge is -2.02. The Morgan fingerprint density at radius 3 is 2.69 bits per heavy atom. The van der Waals surface area contributed by atoms with Crippen LogP contribution in [0.4, 0.5) is 0 Å². The lowest BCUT2D eigenvalue weighted by Crippen LogP contribution is -1.98. The highest BCUT2D eigenvalue weighted by molar-refractivity contribution is 9.10. The summed E-state index contributed by atoms with van der Waals surface area (Å²) in [4.78, 5) is 19.7. The van der Waals surface area contributed by atoms with E-state index in [1.54, 1.807) is 6.07 Å². The van der Waals surface area contributed by atoms with E-state index >= 15 is 0 Å². The van der Waals surface area contributed by atoms with Crippen molar-refractivity contribution in [2.75, 3.05) is 7.11 Å². The lowest BCUT2D eigenvalue weighted by atomic mass is 10.2. The third kappa shape index (κ3) is 2.71. The molecule has 0 fully saturated rings. The van der Waals surface area contributed by atoms with Gasteiger partial charge in [0.25, 0.3) is 0 Å². The monoisotopic (exact) mass is 246 g/mol. The first-order valence-corrected chi connectivity index (χ1v) is 4.17. The zero-order valence-electron chi connectivity index (χ0n) is 6.78. The van der Waals surface area contributed by atoms with E-state index in [0.29, 0.717) is 10.2 Å². The molecule has 1 aromatic carbocycles. The Hall–Kier alpha value is -1.07. The molecule has 0 saturated heterocycles. The van der Waals surface area contributed by atoms with Gasteiger partial charge in [-0.15, -0.1) is 0 Å². The van der Waals surface area contributed by atoms with Crippen molar-refractivity contribution in [3.63, 3.8) is 0 Å². The van der Waals surface area contributed by atoms with Crippen molar-refractivity contribution in [2.24, 2.45) is 0 Å². The van der Waals surface area contributed by atoms with Gasteiger partial charge in [-0.25, -0.2) is 4.79 Å². The fraction of sp³-hybridized carbons (Fsp3) is 0.125. The molecular weight excluding hydrogens is 240 g/mol. The van der Waals surface area contributed by atoms with Crippen LogP contribution in [0.2, 0.25) is 0 Å². The summed E-state index contributed by atoms with van der Waals surface area (Å²) in [5, 5.41) is 8.68. The first-order chi connectivity index (χ1) is 6.13. The summed E-state index contributed by atoms with van der Waals surface area (Å²) in [7, 11) is 1.35. The second kappa shape index (κ2) is 4.25. The average molecular weight is 247 g/mol. The molecule has 0 atom stereocenters. The molecule has 0 saturated carbocycles. The predicted octanol–water partition coefficient (Wildman–Crippen LogP) is 2.09. The fourth-order valence-corrected chi connectivity index (χ4v) is 1.30. The summed E-state index contributed by atoms with van der Waals surface area (Å²) < 4.78 is 0.624. The SMILES string of the molecule is COOc1cc(Br)cc(C(=O)O)c1. The van der Waals surface area contributed by atoms with Crippen LogP contribution in [0, 0.1) is 0 Å². The molecule has 4 nitrogen and oxygen atoms in total. The maximum atomic E-state index is 10.6. The maximum Gasteiger partial charge on any atom is 0.335 e. The van der Waals surface area contributed by atoms with Crippen molar-refractivity contribution in [3.8, 4) is 5.75 Å². The standard InChI is InChI=1S/C8H7BrO4/c1-12-13-7-3-5(8(10)11)2-6(9)4-7/h2-4H,1H3,(H,10,11). The Morgan fingerprint density at radius 1 is 1.46 bits per heavy atom. The van der Waals surface area contributed by atoms with Crippen LogP contribution in [-0.4, -0.2) is 18.2 Å². The highest BCUT2D eigenvalue weighted by Gasteiger charge is 2.06. The van der Waals surface area contributed by atoms with E-state index in [-0.39, 0.29) is 5.56 Å². The third-order valence-electron chi connectivity index (χ3n) is 1.30. The van der Waals surface area contributed by atoms with Gasteiger partial charge < -0.3 is 9.99 Å². The van der Waals surface area contributed by atoms with Crippen LogP contribution < -0.4 is 4.89 Å². The largest absolute Gasteiger partial charge is 0.478 e. The summed E-state index contributed by atoms with van der Waals surface area (Å²) in [6.45, 7) is 0. The van der Waals surface area contributed by atoms with Crippen LogP contribution in [0.3, 0.4) is 0 Å². The number of halogens is 1. The molecule has 1 N–H and O–H groups in total. The fourth-order valence-electron chi connectivity index (χ4n) is 0.831. The van der Waals surface area contributed by atoms with E-state index in [9.17, 15) is 4.79 Å². The van der Waals surface area contributed by atoms with Crippen molar-refractivity contribution in [1.82, 2.24) is 0 Å². The number of hydrogen-bond donors (Lipinski definition) is 1. The molecule has 0 aliphatic carbocycles. The first-order valence-electron chi connectivity index (χ1n) is 3.38. The Morgan fingerprint density at radius 2 is 2.15 bits per heavy atom. The van der Waals surface area contributed by atoms with Gasteiger partial charge in [0.2, 0.25) is 0 Å². The van der Waals surface area contributed by atoms with Gasteiger partial charge in [-0.05, 0) is 18.2 Å². The minimum Gasteiger partial charge on any atom is -0.478 e. The van der Waals surface area contributed by atoms with E-state index in [2.05, 4.69) is 25.7 Å². The second-order valence-electron chi connectivity index (χ2n) is 2.23. The average Bonchev–Trinajstić information content (AvgIpc) is 2.03. The van der Waals surface area contributed by atoms with Gasteiger partial charge in [-0.3, -0.25) is 0 Å². The van der Waals surface area contributed by atoms with Gasteiger partial charge in [0.05, 0.1) is 12.7 Å². The minimum atomic E-state index is -1.01. The van der Waals surface area contributed by atoms with Gasteiger partial charge in [-0.2, -0.15) is 4.89 Å². The van der Waals surface area contributed by atoms with Gasteiger partial charge in [0.15, 0.2) is 5.75 Å². The van der Waals surface area contributed by atoms with Crippen LogP contribution in [-0.2, 0) is 4.89 Å². The molecule has 0 aromatic heterocycles. The zero-order valence-corrected chi connectivity index (χ0v) is 8.37. The van der Waals surface area contributed by atoms with Crippen LogP contribution in [0.25, 0.3) is 0 Å². The number of carboxylic acids is 1. The molecule has 13 heavy (non-hydrogen) atoms. The number of rotatable bonds is 3. The Kier molecular flexibility index (Phi) is 3.27. The normalized spacial score (nSPS) is 9.69. The number of benzene rings is 1. The predicted molar refractivity (Wildman–Crippen MR) is 48.7 cm³/mol. The number of carboxylic acid groups (broad SMARTS) is 1. The smallest absolute Gasteiger partial charge is 0.335 e. The molecule has 1 rings (SSSR count). The van der Waals surface area contributed by atoms with E-state index in [1.165, 1.54) is 19.2 Å². The Labute approximate surface area is 83.1 Å². The zero-order chi connectivity index (χ0) is 9.84. The summed E-state index contributed by atoms with van der Waals surface area (Å²) in [6, 6.07) is 4.46. The summed E-state index contributed by atoms with van der Waals surface area (Å²) in [6.07, 6.45) is 0. The van der Waals surface area contributed by atoms with E-state index in [4.69, 9.17) is 5.11 Å². The summed E-state index contributed by atoms with van der Waals surface area (Å²) >= 11 is 3.15. The number of carbonyl (C=O) groups is 1. The van der Waals surface area contributed by atoms with Crippen LogP contribution >= 0.6 is 15.9 Å². The van der Waals surface area contributed by atoms with Crippen molar-refractivity contribution in [1.29, 1.82) is 0 Å². The van der Waals surface area contributed by atoms with Crippen molar-refractivity contribution < 1.29 is 19.7 Å². The molecule has 0 bridgehead atoms. The molecule has 70 valence electrons. The molecular formula is C8H7BrO4. The minimum absolute atomic E-state index is 0.140. The quantitative estimate of drug-likeness (QED) is 0.656. The van der Waals surface area contributed by atoms with Gasteiger partial charge in [0, 0.05) is 4.47 Å². The Bertz CT molecular complexity index is 324. The van der Waals surface area contributed by atoms with E-state index in [1.807, 2.05) is 0 Å². The van der Waals surface area contributed by atoms with Crippen molar-refractivity contribution in [2.45, 2.75) is 0 Å². The number of aromatic carboxylic acids is 1. The molecule has 0 heterocycles. The molecule has 0 aliphatic heterocycles. The van der Waals surface area contributed by atoms with Crippen LogP contribution in [0.15, 0.2) is 22.7 Å². The van der Waals surface area contributed by atoms with E-state index in [0.717, 1.165) is 0 Å². The topological polar surface area (TPSA) is 55.8 Å². The molecule has 0 spiro atoms. The summed E-state index contributed by atoms with van der Waals surface area (Å²) in [5.41, 5.74) is 0.140. The molecule has 0 radical (unpaired) electrons. The maximum absolute atomic E-state index is 10.6. The van der Waals surface area contributed by atoms with Gasteiger partial charge >= 0.3 is 5.97 Å². The van der Waals surface area contributed by atoms with E-state index < -0.39 is 5.97 Å². The highest BCUT2D eigenvalue weighted by Crippen LogP contribution is 2.21. The molecule has 1 aromatic rings. The number of hydrogen-bond acceptors (Lipinski definition) is 3. The van der Waals surface area contributed by atoms with Gasteiger partial charge in [0.1, 0.15) is 0 Å². The second-order valence-corrected chi connectivity index (χ2v) is 3.15. The highest BCUT2D eigenvalue weighted by atomic mass is 79.9. The molecule has 5 heteroatoms. The van der Waals surface area contributed by atoms with Crippen LogP contribution in [0.1, 0.15) is 10.4 Å². The van der Waals surface area contributed by atoms with Crippen molar-refractivity contribution in [3.05, 3.63) is 28.2 Å². The summed E-state index contributed by atoms with van der Waals surface area (Å²) in [5.74, 6) is -0.670. The third-order valence-corrected chi connectivity index (χ3v) is 1.76. The van der Waals surface area contributed by atoms with Crippen LogP contribution in [0.5, 0.6) is 5.75 Å². The first kappa shape index (κ1) is 10.0. The Balaban J connectivity index is 3.03. The molecule has 0 amide bonds. The molecule has 0 aliphatic rings.